The summed E-state index contributed by atoms with van der Waals surface area (Å²) in [4.78, 5) is 15.6. The number of aromatic nitrogens is 1. The molecule has 0 saturated carbocycles. The monoisotopic (exact) mass is 259 g/mol. The summed E-state index contributed by atoms with van der Waals surface area (Å²) in [6.45, 7) is 0.184. The van der Waals surface area contributed by atoms with Gasteiger partial charge >= 0.3 is 5.97 Å². The van der Waals surface area contributed by atoms with Crippen LogP contribution in [0.3, 0.4) is 0 Å². The fourth-order valence-electron chi connectivity index (χ4n) is 1.61. The van der Waals surface area contributed by atoms with Crippen molar-refractivity contribution in [2.24, 2.45) is 0 Å². The molecule has 0 saturated heterocycles. The molecule has 0 aliphatic rings. The van der Waals surface area contributed by atoms with E-state index in [1.807, 2.05) is 6.07 Å². The Balaban J connectivity index is 1.74. The van der Waals surface area contributed by atoms with Gasteiger partial charge in [0.1, 0.15) is 12.4 Å². The van der Waals surface area contributed by atoms with Gasteiger partial charge < -0.3 is 4.74 Å². The zero-order chi connectivity index (χ0) is 13.5. The van der Waals surface area contributed by atoms with Crippen molar-refractivity contribution in [1.29, 1.82) is 0 Å². The summed E-state index contributed by atoms with van der Waals surface area (Å²) in [6, 6.07) is 11.5. The lowest BCUT2D eigenvalue weighted by Crippen LogP contribution is -2.06. The van der Waals surface area contributed by atoms with Gasteiger partial charge in [-0.3, -0.25) is 9.78 Å². The van der Waals surface area contributed by atoms with E-state index in [4.69, 9.17) is 4.74 Å². The SMILES string of the molecule is O=C(CCc1ccc(F)cc1)OCc1ccccn1. The topological polar surface area (TPSA) is 39.2 Å². The molecule has 1 aromatic heterocycles. The third-order valence-electron chi connectivity index (χ3n) is 2.64. The van der Waals surface area contributed by atoms with Gasteiger partial charge in [-0.25, -0.2) is 4.39 Å². The zero-order valence-corrected chi connectivity index (χ0v) is 10.4. The molecule has 0 unspecified atom stereocenters. The number of hydrogen-bond donors (Lipinski definition) is 0. The number of benzene rings is 1. The molecule has 0 N–H and O–H groups in total. The average Bonchev–Trinajstić information content (AvgIpc) is 2.45. The minimum Gasteiger partial charge on any atom is -0.459 e. The van der Waals surface area contributed by atoms with Gasteiger partial charge in [0.05, 0.1) is 5.69 Å². The van der Waals surface area contributed by atoms with E-state index < -0.39 is 0 Å². The molecule has 0 atom stereocenters. The minimum absolute atomic E-state index is 0.184. The van der Waals surface area contributed by atoms with Crippen LogP contribution in [0.25, 0.3) is 0 Å². The molecular weight excluding hydrogens is 245 g/mol. The summed E-state index contributed by atoms with van der Waals surface area (Å²) >= 11 is 0. The molecule has 98 valence electrons. The van der Waals surface area contributed by atoms with Gasteiger partial charge in [0.25, 0.3) is 0 Å². The number of ether oxygens (including phenoxy) is 1. The zero-order valence-electron chi connectivity index (χ0n) is 10.4. The van der Waals surface area contributed by atoms with E-state index in [1.165, 1.54) is 12.1 Å². The van der Waals surface area contributed by atoms with Crippen molar-refractivity contribution in [3.05, 3.63) is 65.7 Å². The Morgan fingerprint density at radius 2 is 1.95 bits per heavy atom. The van der Waals surface area contributed by atoms with Crippen LogP contribution in [0.15, 0.2) is 48.7 Å². The first-order valence-electron chi connectivity index (χ1n) is 6.04. The molecule has 0 spiro atoms. The first kappa shape index (κ1) is 13.2. The maximum atomic E-state index is 12.7. The van der Waals surface area contributed by atoms with Crippen LogP contribution in [-0.4, -0.2) is 11.0 Å². The molecule has 2 rings (SSSR count). The van der Waals surface area contributed by atoms with Crippen molar-refractivity contribution < 1.29 is 13.9 Å². The lowest BCUT2D eigenvalue weighted by Gasteiger charge is -2.04. The number of halogens is 1. The normalized spacial score (nSPS) is 10.2. The van der Waals surface area contributed by atoms with Gasteiger partial charge in [-0.1, -0.05) is 18.2 Å². The number of aryl methyl sites for hydroxylation is 1. The second kappa shape index (κ2) is 6.64. The molecule has 0 radical (unpaired) electrons. The Bertz CT molecular complexity index is 526. The number of carbonyl (C=O) groups is 1. The van der Waals surface area contributed by atoms with Crippen LogP contribution < -0.4 is 0 Å². The lowest BCUT2D eigenvalue weighted by atomic mass is 10.1. The van der Waals surface area contributed by atoms with Gasteiger partial charge in [-0.2, -0.15) is 0 Å². The number of pyridine rings is 1. The van der Waals surface area contributed by atoms with Crippen LogP contribution >= 0.6 is 0 Å². The predicted molar refractivity (Wildman–Crippen MR) is 68.8 cm³/mol. The highest BCUT2D eigenvalue weighted by Gasteiger charge is 2.04. The van der Waals surface area contributed by atoms with Crippen LogP contribution in [0, 0.1) is 5.82 Å². The Labute approximate surface area is 111 Å². The Morgan fingerprint density at radius 3 is 2.63 bits per heavy atom. The van der Waals surface area contributed by atoms with Crippen molar-refractivity contribution >= 4 is 5.97 Å². The first-order chi connectivity index (χ1) is 9.24. The molecule has 1 aromatic carbocycles. The summed E-state index contributed by atoms with van der Waals surface area (Å²) in [7, 11) is 0. The van der Waals surface area contributed by atoms with Gasteiger partial charge in [0.2, 0.25) is 0 Å². The number of esters is 1. The third kappa shape index (κ3) is 4.50. The van der Waals surface area contributed by atoms with E-state index in [0.29, 0.717) is 6.42 Å². The predicted octanol–water partition coefficient (Wildman–Crippen LogP) is 2.90. The van der Waals surface area contributed by atoms with Crippen LogP contribution in [0.1, 0.15) is 17.7 Å². The van der Waals surface area contributed by atoms with Crippen LogP contribution in [0.5, 0.6) is 0 Å². The second-order valence-corrected chi connectivity index (χ2v) is 4.11. The van der Waals surface area contributed by atoms with Crippen LogP contribution in [0.4, 0.5) is 4.39 Å². The largest absolute Gasteiger partial charge is 0.459 e. The van der Waals surface area contributed by atoms with Gasteiger partial charge in [-0.05, 0) is 36.2 Å². The number of nitrogens with zero attached hydrogens (tertiary/aromatic N) is 1. The summed E-state index contributed by atoms with van der Waals surface area (Å²) in [5.41, 5.74) is 1.63. The molecule has 0 fully saturated rings. The quantitative estimate of drug-likeness (QED) is 0.775. The fourth-order valence-corrected chi connectivity index (χ4v) is 1.61. The summed E-state index contributed by atoms with van der Waals surface area (Å²) in [5, 5.41) is 0. The van der Waals surface area contributed by atoms with E-state index in [2.05, 4.69) is 4.98 Å². The van der Waals surface area contributed by atoms with E-state index in [1.54, 1.807) is 30.5 Å². The van der Waals surface area contributed by atoms with Crippen LogP contribution in [0.2, 0.25) is 0 Å². The second-order valence-electron chi connectivity index (χ2n) is 4.11. The van der Waals surface area contributed by atoms with E-state index in [9.17, 15) is 9.18 Å². The first-order valence-corrected chi connectivity index (χ1v) is 6.04. The molecule has 0 aliphatic heterocycles. The third-order valence-corrected chi connectivity index (χ3v) is 2.64. The van der Waals surface area contributed by atoms with Crippen molar-refractivity contribution in [2.75, 3.05) is 0 Å². The van der Waals surface area contributed by atoms with Crippen molar-refractivity contribution in [2.45, 2.75) is 19.4 Å². The molecule has 19 heavy (non-hydrogen) atoms. The Hall–Kier alpha value is -2.23. The standard InChI is InChI=1S/C15H14FNO2/c16-13-7-4-12(5-8-13)6-9-15(18)19-11-14-3-1-2-10-17-14/h1-5,7-8,10H,6,9,11H2. The summed E-state index contributed by atoms with van der Waals surface area (Å²) in [6.07, 6.45) is 2.47. The van der Waals surface area contributed by atoms with Crippen molar-refractivity contribution in [1.82, 2.24) is 4.98 Å². The van der Waals surface area contributed by atoms with E-state index >= 15 is 0 Å². The maximum Gasteiger partial charge on any atom is 0.306 e. The highest BCUT2D eigenvalue weighted by atomic mass is 19.1. The molecular formula is C15H14FNO2. The lowest BCUT2D eigenvalue weighted by molar-refractivity contribution is -0.145. The Kier molecular flexibility index (Phi) is 4.61. The van der Waals surface area contributed by atoms with Crippen molar-refractivity contribution in [3.63, 3.8) is 0 Å². The van der Waals surface area contributed by atoms with Crippen molar-refractivity contribution in [3.8, 4) is 0 Å². The number of hydrogen-bond acceptors (Lipinski definition) is 3. The maximum absolute atomic E-state index is 12.7. The summed E-state index contributed by atoms with van der Waals surface area (Å²) in [5.74, 6) is -0.559. The molecule has 4 heteroatoms. The van der Waals surface area contributed by atoms with Crippen LogP contribution in [-0.2, 0) is 22.6 Å². The fraction of sp³-hybridized carbons (Fsp3) is 0.200. The highest BCUT2D eigenvalue weighted by Crippen LogP contribution is 2.06. The highest BCUT2D eigenvalue weighted by molar-refractivity contribution is 5.69. The number of rotatable bonds is 5. The molecule has 3 nitrogen and oxygen atoms in total. The molecule has 1 heterocycles. The molecule has 0 aliphatic carbocycles. The Morgan fingerprint density at radius 1 is 1.16 bits per heavy atom. The van der Waals surface area contributed by atoms with Gasteiger partial charge in [0, 0.05) is 12.6 Å². The minimum atomic E-state index is -0.282. The number of carbonyl (C=O) groups excluding carboxylic acids is 1. The molecule has 0 amide bonds. The molecule has 2 aromatic rings. The van der Waals surface area contributed by atoms with E-state index in [0.717, 1.165) is 11.3 Å². The van der Waals surface area contributed by atoms with Gasteiger partial charge in [-0.15, -0.1) is 0 Å². The van der Waals surface area contributed by atoms with Gasteiger partial charge in [0.15, 0.2) is 0 Å². The smallest absolute Gasteiger partial charge is 0.306 e. The average molecular weight is 259 g/mol. The molecule has 0 bridgehead atoms. The summed E-state index contributed by atoms with van der Waals surface area (Å²) < 4.78 is 17.8. The van der Waals surface area contributed by atoms with E-state index in [-0.39, 0.29) is 24.8 Å².